The van der Waals surface area contributed by atoms with E-state index in [0.717, 1.165) is 11.8 Å². The first kappa shape index (κ1) is 13.6. The normalized spacial score (nSPS) is 8.36. The molecule has 0 bridgehead atoms. The van der Waals surface area contributed by atoms with E-state index in [1.54, 1.807) is 0 Å². The highest BCUT2D eigenvalue weighted by Gasteiger charge is 1.99. The van der Waals surface area contributed by atoms with Crippen LogP contribution in [0.15, 0.2) is 0 Å². The van der Waals surface area contributed by atoms with E-state index in [0.29, 0.717) is 5.75 Å². The van der Waals surface area contributed by atoms with Gasteiger partial charge in [-0.1, -0.05) is 0 Å². The molecule has 11 heavy (non-hydrogen) atoms. The van der Waals surface area contributed by atoms with Gasteiger partial charge in [-0.3, -0.25) is 9.59 Å². The number of hydrogen-bond donors (Lipinski definition) is 2. The van der Waals surface area contributed by atoms with Crippen molar-refractivity contribution < 1.29 is 19.8 Å². The van der Waals surface area contributed by atoms with Crippen molar-refractivity contribution in [2.75, 3.05) is 11.5 Å². The molecule has 0 radical (unpaired) electrons. The lowest BCUT2D eigenvalue weighted by Crippen LogP contribution is -2.01. The third-order valence-electron chi connectivity index (χ3n) is 0.686. The lowest BCUT2D eigenvalue weighted by molar-refractivity contribution is -0.137. The van der Waals surface area contributed by atoms with Gasteiger partial charge in [0.05, 0.1) is 12.2 Å². The zero-order valence-electron chi connectivity index (χ0n) is 5.24. The van der Waals surface area contributed by atoms with Gasteiger partial charge in [-0.15, -0.1) is 11.8 Å². The molecule has 2 N–H and O–H groups in total. The highest BCUT2D eigenvalue weighted by atomic mass is 32.2. The van der Waals surface area contributed by atoms with Gasteiger partial charge in [0, 0.05) is 5.75 Å². The van der Waals surface area contributed by atoms with Crippen LogP contribution in [-0.4, -0.2) is 56.7 Å². The van der Waals surface area contributed by atoms with Crippen molar-refractivity contribution in [3.8, 4) is 0 Å². The first-order valence-corrected chi connectivity index (χ1v) is 3.79. The SMILES string of the molecule is O=C(O)CCSCC(=O)O.[MgH2]. The summed E-state index contributed by atoms with van der Waals surface area (Å²) >= 11 is 1.11. The van der Waals surface area contributed by atoms with Gasteiger partial charge in [-0.2, -0.15) is 0 Å². The van der Waals surface area contributed by atoms with Crippen LogP contribution in [-0.2, 0) is 9.59 Å². The highest BCUT2D eigenvalue weighted by molar-refractivity contribution is 7.99. The molecule has 0 saturated heterocycles. The number of carbonyl (C=O) groups is 2. The first-order chi connectivity index (χ1) is 4.63. The summed E-state index contributed by atoms with van der Waals surface area (Å²) in [7, 11) is 0. The topological polar surface area (TPSA) is 74.6 Å². The van der Waals surface area contributed by atoms with Gasteiger partial charge in [-0.05, 0) is 0 Å². The van der Waals surface area contributed by atoms with Crippen LogP contribution in [0.5, 0.6) is 0 Å². The molecule has 0 aromatic heterocycles. The molecular weight excluding hydrogens is 180 g/mol. The predicted octanol–water partition coefficient (Wildman–Crippen LogP) is -0.637. The number of carboxylic acid groups (broad SMARTS) is 2. The summed E-state index contributed by atoms with van der Waals surface area (Å²) < 4.78 is 0. The molecule has 0 unspecified atom stereocenters. The van der Waals surface area contributed by atoms with Crippen LogP contribution in [0.25, 0.3) is 0 Å². The number of rotatable bonds is 5. The number of hydrogen-bond acceptors (Lipinski definition) is 3. The van der Waals surface area contributed by atoms with Crippen molar-refractivity contribution in [1.29, 1.82) is 0 Å². The van der Waals surface area contributed by atoms with E-state index in [4.69, 9.17) is 10.2 Å². The van der Waals surface area contributed by atoms with E-state index >= 15 is 0 Å². The zero-order valence-corrected chi connectivity index (χ0v) is 6.06. The summed E-state index contributed by atoms with van der Waals surface area (Å²) in [6, 6.07) is 0. The molecule has 0 aromatic rings. The first-order valence-electron chi connectivity index (χ1n) is 2.64. The second-order valence-corrected chi connectivity index (χ2v) is 2.70. The van der Waals surface area contributed by atoms with Crippen molar-refractivity contribution in [3.63, 3.8) is 0 Å². The van der Waals surface area contributed by atoms with E-state index in [-0.39, 0.29) is 35.2 Å². The fourth-order valence-electron chi connectivity index (χ4n) is 0.319. The maximum atomic E-state index is 9.88. The molecule has 0 aliphatic heterocycles. The Labute approximate surface area is 84.5 Å². The Morgan fingerprint density at radius 2 is 1.73 bits per heavy atom. The summed E-state index contributed by atoms with van der Waals surface area (Å²) in [5, 5.41) is 16.2. The minimum Gasteiger partial charge on any atom is -0.481 e. The average molecular weight is 191 g/mol. The zero-order chi connectivity index (χ0) is 7.98. The summed E-state index contributed by atoms with van der Waals surface area (Å²) in [5.41, 5.74) is 0. The van der Waals surface area contributed by atoms with Crippen molar-refractivity contribution in [1.82, 2.24) is 0 Å². The maximum absolute atomic E-state index is 9.88. The lowest BCUT2D eigenvalue weighted by atomic mass is 10.5. The Morgan fingerprint density at radius 3 is 2.09 bits per heavy atom. The molecule has 0 rings (SSSR count). The van der Waals surface area contributed by atoms with Gasteiger partial charge in [0.1, 0.15) is 0 Å². The third kappa shape index (κ3) is 13.1. The molecule has 0 saturated carbocycles. The van der Waals surface area contributed by atoms with Crippen molar-refractivity contribution in [2.24, 2.45) is 0 Å². The Morgan fingerprint density at radius 1 is 1.18 bits per heavy atom. The van der Waals surface area contributed by atoms with Gasteiger partial charge >= 0.3 is 35.0 Å². The second kappa shape index (κ2) is 8.16. The number of carboxylic acids is 2. The minimum absolute atomic E-state index is 0. The van der Waals surface area contributed by atoms with E-state index in [1.165, 1.54) is 0 Å². The summed E-state index contributed by atoms with van der Waals surface area (Å²) in [5.74, 6) is -1.46. The maximum Gasteiger partial charge on any atom is 0.316 e. The standard InChI is InChI=1S/C5H8O4S.Mg.2H/c6-4(7)1-2-10-3-5(8)9;;;/h1-3H2,(H,6,7)(H,8,9);;;. The Bertz CT molecular complexity index is 122. The fourth-order valence-corrected chi connectivity index (χ4v) is 0.957. The van der Waals surface area contributed by atoms with Gasteiger partial charge in [0.25, 0.3) is 0 Å². The molecule has 4 nitrogen and oxygen atoms in total. The summed E-state index contributed by atoms with van der Waals surface area (Å²) in [6.45, 7) is 0. The monoisotopic (exact) mass is 190 g/mol. The smallest absolute Gasteiger partial charge is 0.316 e. The highest BCUT2D eigenvalue weighted by Crippen LogP contribution is 2.00. The summed E-state index contributed by atoms with van der Waals surface area (Å²) in [4.78, 5) is 19.8. The molecule has 0 amide bonds. The molecule has 6 heteroatoms. The molecule has 0 aromatic carbocycles. The predicted molar refractivity (Wildman–Crippen MR) is 45.8 cm³/mol. The van der Waals surface area contributed by atoms with E-state index in [9.17, 15) is 9.59 Å². The van der Waals surface area contributed by atoms with Crippen LogP contribution in [0.2, 0.25) is 0 Å². The van der Waals surface area contributed by atoms with Gasteiger partial charge < -0.3 is 10.2 Å². The second-order valence-electron chi connectivity index (χ2n) is 1.59. The fraction of sp³-hybridized carbons (Fsp3) is 0.600. The molecule has 0 fully saturated rings. The van der Waals surface area contributed by atoms with E-state index in [2.05, 4.69) is 0 Å². The third-order valence-corrected chi connectivity index (χ3v) is 1.63. The molecular formula is C5H10MgO4S. The van der Waals surface area contributed by atoms with Gasteiger partial charge in [0.15, 0.2) is 0 Å². The molecule has 62 valence electrons. The molecule has 0 aliphatic rings. The van der Waals surface area contributed by atoms with E-state index in [1.807, 2.05) is 0 Å². The minimum atomic E-state index is -0.907. The van der Waals surface area contributed by atoms with Crippen molar-refractivity contribution in [3.05, 3.63) is 0 Å². The van der Waals surface area contributed by atoms with Crippen LogP contribution in [0, 0.1) is 0 Å². The summed E-state index contributed by atoms with van der Waals surface area (Å²) in [6.07, 6.45) is 0.0257. The van der Waals surface area contributed by atoms with Crippen molar-refractivity contribution in [2.45, 2.75) is 6.42 Å². The Kier molecular flexibility index (Phi) is 10.1. The molecule has 0 atom stereocenters. The van der Waals surface area contributed by atoms with E-state index < -0.39 is 11.9 Å². The van der Waals surface area contributed by atoms with Crippen LogP contribution < -0.4 is 0 Å². The number of thioether (sulfide) groups is 1. The van der Waals surface area contributed by atoms with Gasteiger partial charge in [0.2, 0.25) is 0 Å². The van der Waals surface area contributed by atoms with Crippen LogP contribution in [0.4, 0.5) is 0 Å². The van der Waals surface area contributed by atoms with Crippen LogP contribution in [0.3, 0.4) is 0 Å². The lowest BCUT2D eigenvalue weighted by Gasteiger charge is -1.92. The molecule has 0 aliphatic carbocycles. The van der Waals surface area contributed by atoms with Crippen LogP contribution in [0.1, 0.15) is 6.42 Å². The van der Waals surface area contributed by atoms with Crippen LogP contribution >= 0.6 is 11.8 Å². The number of aliphatic carboxylic acids is 2. The van der Waals surface area contributed by atoms with Crippen molar-refractivity contribution >= 4 is 46.8 Å². The molecule has 0 heterocycles. The largest absolute Gasteiger partial charge is 0.481 e. The average Bonchev–Trinajstić information content (AvgIpc) is 1.79. The van der Waals surface area contributed by atoms with Gasteiger partial charge in [-0.25, -0.2) is 0 Å². The Balaban J connectivity index is 0. The molecule has 0 spiro atoms. The Hall–Kier alpha value is 0.0562. The quantitative estimate of drug-likeness (QED) is 0.446.